The number of carbonyl (C=O) groups is 3. The predicted octanol–water partition coefficient (Wildman–Crippen LogP) is 1.68. The fourth-order valence-corrected chi connectivity index (χ4v) is 4.15. The van der Waals surface area contributed by atoms with E-state index in [0.29, 0.717) is 11.0 Å². The van der Waals surface area contributed by atoms with Gasteiger partial charge in [-0.15, -0.1) is 0 Å². The fourth-order valence-electron chi connectivity index (χ4n) is 4.15. The number of ketones is 1. The van der Waals surface area contributed by atoms with E-state index < -0.39 is 30.2 Å². The van der Waals surface area contributed by atoms with E-state index >= 15 is 0 Å². The molecule has 1 aliphatic heterocycles. The van der Waals surface area contributed by atoms with Gasteiger partial charge in [0, 0.05) is 50.4 Å². The third-order valence-corrected chi connectivity index (χ3v) is 5.81. The Bertz CT molecular complexity index is 1090. The molecule has 7 heteroatoms. The van der Waals surface area contributed by atoms with Crippen molar-refractivity contribution in [2.75, 3.05) is 33.8 Å². The van der Waals surface area contributed by atoms with Crippen LogP contribution in [0.5, 0.6) is 0 Å². The molecule has 1 aliphatic rings. The van der Waals surface area contributed by atoms with Crippen LogP contribution in [0.4, 0.5) is 0 Å². The number of likely N-dealkylation sites (N-methyl/N-ethyl adjacent to an activating group) is 2. The van der Waals surface area contributed by atoms with E-state index in [1.165, 1.54) is 19.7 Å². The number of rotatable bonds is 7. The molecule has 0 radical (unpaired) electrons. The standard InChI is InChI=1S/C27H31N3O4/c1-27(2)17-30(18-27)15-21-9-7-19(8-10-21)5-6-20-11-13-22(14-12-20)26(34)29(4)24(23(32)16-31)25(33)28-3/h7-14,24,31H,15-18H2,1-4H3,(H,28,33). The molecule has 2 aromatic rings. The van der Waals surface area contributed by atoms with Crippen LogP contribution < -0.4 is 5.32 Å². The van der Waals surface area contributed by atoms with E-state index in [-0.39, 0.29) is 0 Å². The van der Waals surface area contributed by atoms with Crippen LogP contribution in [0.1, 0.15) is 40.9 Å². The molecule has 0 aromatic heterocycles. The highest BCUT2D eigenvalue weighted by atomic mass is 16.3. The maximum absolute atomic E-state index is 12.8. The van der Waals surface area contributed by atoms with Crippen molar-refractivity contribution in [3.8, 4) is 11.8 Å². The summed E-state index contributed by atoms with van der Waals surface area (Å²) < 4.78 is 0. The highest BCUT2D eigenvalue weighted by Crippen LogP contribution is 2.29. The molecule has 0 bridgehead atoms. The van der Waals surface area contributed by atoms with Gasteiger partial charge in [-0.05, 0) is 47.4 Å². The van der Waals surface area contributed by atoms with Crippen molar-refractivity contribution in [2.45, 2.75) is 26.4 Å². The molecule has 2 N–H and O–H groups in total. The minimum atomic E-state index is -1.39. The summed E-state index contributed by atoms with van der Waals surface area (Å²) in [6.07, 6.45) is 0. The van der Waals surface area contributed by atoms with Crippen LogP contribution in [0.15, 0.2) is 48.5 Å². The Labute approximate surface area is 200 Å². The van der Waals surface area contributed by atoms with Gasteiger partial charge in [0.05, 0.1) is 0 Å². The predicted molar refractivity (Wildman–Crippen MR) is 130 cm³/mol. The first-order valence-corrected chi connectivity index (χ1v) is 11.2. The van der Waals surface area contributed by atoms with Gasteiger partial charge in [-0.3, -0.25) is 19.3 Å². The molecule has 34 heavy (non-hydrogen) atoms. The summed E-state index contributed by atoms with van der Waals surface area (Å²) in [7, 11) is 2.72. The van der Waals surface area contributed by atoms with Gasteiger partial charge in [0.2, 0.25) is 5.91 Å². The zero-order valence-electron chi connectivity index (χ0n) is 20.1. The number of carbonyl (C=O) groups excluding carboxylic acids is 3. The Balaban J connectivity index is 1.63. The van der Waals surface area contributed by atoms with Crippen molar-refractivity contribution >= 4 is 17.6 Å². The summed E-state index contributed by atoms with van der Waals surface area (Å²) in [6, 6.07) is 13.5. The van der Waals surface area contributed by atoms with Crippen LogP contribution >= 0.6 is 0 Å². The van der Waals surface area contributed by atoms with Crippen molar-refractivity contribution in [3.63, 3.8) is 0 Å². The highest BCUT2D eigenvalue weighted by molar-refractivity contribution is 6.10. The molecule has 0 aliphatic carbocycles. The monoisotopic (exact) mass is 461 g/mol. The summed E-state index contributed by atoms with van der Waals surface area (Å²) in [5.41, 5.74) is 3.64. The lowest BCUT2D eigenvalue weighted by atomic mass is 9.84. The van der Waals surface area contributed by atoms with Crippen molar-refractivity contribution in [3.05, 3.63) is 70.8 Å². The zero-order chi connectivity index (χ0) is 24.9. The second kappa shape index (κ2) is 10.6. The maximum Gasteiger partial charge on any atom is 0.254 e. The van der Waals surface area contributed by atoms with Gasteiger partial charge in [0.25, 0.3) is 5.91 Å². The van der Waals surface area contributed by atoms with Gasteiger partial charge in [0.15, 0.2) is 11.8 Å². The highest BCUT2D eigenvalue weighted by Gasteiger charge is 2.34. The molecule has 0 spiro atoms. The number of hydrogen-bond acceptors (Lipinski definition) is 5. The summed E-state index contributed by atoms with van der Waals surface area (Å²) in [6.45, 7) is 6.92. The molecule has 2 aromatic carbocycles. The minimum Gasteiger partial charge on any atom is -0.388 e. The van der Waals surface area contributed by atoms with Gasteiger partial charge in [-0.1, -0.05) is 37.8 Å². The SMILES string of the molecule is CNC(=O)C(C(=O)CO)N(C)C(=O)c1ccc(C#Cc2ccc(CN3CC(C)(C)C3)cc2)cc1. The van der Waals surface area contributed by atoms with Gasteiger partial charge in [-0.2, -0.15) is 0 Å². The second-order valence-corrected chi connectivity index (χ2v) is 9.39. The first kappa shape index (κ1) is 25.2. The molecule has 3 rings (SSSR count). The number of benzene rings is 2. The van der Waals surface area contributed by atoms with Gasteiger partial charge in [-0.25, -0.2) is 0 Å². The zero-order valence-corrected chi connectivity index (χ0v) is 20.1. The van der Waals surface area contributed by atoms with E-state index in [1.54, 1.807) is 24.3 Å². The van der Waals surface area contributed by atoms with Crippen LogP contribution in [-0.2, 0) is 16.1 Å². The van der Waals surface area contributed by atoms with E-state index in [4.69, 9.17) is 5.11 Å². The van der Waals surface area contributed by atoms with Gasteiger partial charge >= 0.3 is 0 Å². The number of nitrogens with zero attached hydrogens (tertiary/aromatic N) is 2. The summed E-state index contributed by atoms with van der Waals surface area (Å²) >= 11 is 0. The number of aliphatic hydroxyl groups excluding tert-OH is 1. The fraction of sp³-hybridized carbons (Fsp3) is 0.370. The molecule has 1 atom stereocenters. The van der Waals surface area contributed by atoms with Crippen LogP contribution in [0, 0.1) is 17.3 Å². The maximum atomic E-state index is 12.8. The lowest BCUT2D eigenvalue weighted by Gasteiger charge is -2.46. The van der Waals surface area contributed by atoms with Crippen LogP contribution in [-0.4, -0.2) is 72.3 Å². The molecule has 178 valence electrons. The number of Topliss-reactive ketones (excluding diaryl/α,β-unsaturated/α-hetero) is 1. The Kier molecular flexibility index (Phi) is 7.87. The molecule has 1 unspecified atom stereocenters. The quantitative estimate of drug-likeness (QED) is 0.484. The van der Waals surface area contributed by atoms with Gasteiger partial charge < -0.3 is 15.3 Å². The van der Waals surface area contributed by atoms with Gasteiger partial charge in [0.1, 0.15) is 6.61 Å². The molecular formula is C27H31N3O4. The van der Waals surface area contributed by atoms with E-state index in [2.05, 4.69) is 48.0 Å². The molecule has 0 saturated carbocycles. The summed E-state index contributed by atoms with van der Waals surface area (Å²) in [5.74, 6) is 4.31. The third-order valence-electron chi connectivity index (χ3n) is 5.81. The van der Waals surface area contributed by atoms with Crippen LogP contribution in [0.3, 0.4) is 0 Å². The lowest BCUT2D eigenvalue weighted by Crippen LogP contribution is -2.52. The first-order chi connectivity index (χ1) is 16.1. The van der Waals surface area contributed by atoms with Crippen LogP contribution in [0.25, 0.3) is 0 Å². The molecule has 2 amide bonds. The Morgan fingerprint density at radius 1 is 1.03 bits per heavy atom. The Morgan fingerprint density at radius 2 is 1.56 bits per heavy atom. The van der Waals surface area contributed by atoms with E-state index in [9.17, 15) is 14.4 Å². The number of likely N-dealkylation sites (tertiary alicyclic amines) is 1. The molecular weight excluding hydrogens is 430 g/mol. The average molecular weight is 462 g/mol. The largest absolute Gasteiger partial charge is 0.388 e. The number of hydrogen-bond donors (Lipinski definition) is 2. The summed E-state index contributed by atoms with van der Waals surface area (Å²) in [5, 5.41) is 11.5. The van der Waals surface area contributed by atoms with Crippen molar-refractivity contribution < 1.29 is 19.5 Å². The number of aliphatic hydroxyl groups is 1. The third kappa shape index (κ3) is 6.10. The number of amides is 2. The number of nitrogens with one attached hydrogen (secondary N) is 1. The summed E-state index contributed by atoms with van der Waals surface area (Å²) in [4.78, 5) is 40.2. The Morgan fingerprint density at radius 3 is 2.03 bits per heavy atom. The Hall–Kier alpha value is -3.47. The normalized spacial score (nSPS) is 15.3. The van der Waals surface area contributed by atoms with Crippen LogP contribution in [0.2, 0.25) is 0 Å². The molecule has 1 fully saturated rings. The van der Waals surface area contributed by atoms with E-state index in [1.807, 2.05) is 12.1 Å². The smallest absolute Gasteiger partial charge is 0.254 e. The second-order valence-electron chi connectivity index (χ2n) is 9.39. The van der Waals surface area contributed by atoms with Crippen molar-refractivity contribution in [1.82, 2.24) is 15.1 Å². The average Bonchev–Trinajstić information content (AvgIpc) is 2.82. The molecule has 1 saturated heterocycles. The lowest BCUT2D eigenvalue weighted by molar-refractivity contribution is -0.135. The molecule has 1 heterocycles. The topological polar surface area (TPSA) is 90.0 Å². The van der Waals surface area contributed by atoms with Crippen molar-refractivity contribution in [1.29, 1.82) is 0 Å². The first-order valence-electron chi connectivity index (χ1n) is 11.2. The van der Waals surface area contributed by atoms with Crippen molar-refractivity contribution in [2.24, 2.45) is 5.41 Å². The minimum absolute atomic E-state index is 0.311. The van der Waals surface area contributed by atoms with E-state index in [0.717, 1.165) is 35.7 Å². The molecule has 7 nitrogen and oxygen atoms in total.